The van der Waals surface area contributed by atoms with Crippen molar-refractivity contribution in [2.45, 2.75) is 5.41 Å². The summed E-state index contributed by atoms with van der Waals surface area (Å²) in [6.07, 6.45) is 0. The van der Waals surface area contributed by atoms with Gasteiger partial charge in [-0.25, -0.2) is 9.97 Å². The Morgan fingerprint density at radius 2 is 1.09 bits per heavy atom. The number of rotatable bonds is 3. The maximum atomic E-state index is 6.65. The molecule has 0 saturated heterocycles. The van der Waals surface area contributed by atoms with Crippen LogP contribution >= 0.6 is 11.3 Å². The lowest BCUT2D eigenvalue weighted by Gasteiger charge is -2.39. The molecular formula is C49H28N2O2S. The lowest BCUT2D eigenvalue weighted by molar-refractivity contribution is 0.436. The van der Waals surface area contributed by atoms with Crippen molar-refractivity contribution in [2.24, 2.45) is 0 Å². The van der Waals surface area contributed by atoms with Gasteiger partial charge in [-0.15, -0.1) is 11.3 Å². The van der Waals surface area contributed by atoms with E-state index >= 15 is 0 Å². The number of hydrogen-bond donors (Lipinski definition) is 0. The van der Waals surface area contributed by atoms with Gasteiger partial charge in [0.1, 0.15) is 22.0 Å². The van der Waals surface area contributed by atoms with Gasteiger partial charge in [-0.2, -0.15) is 0 Å². The molecule has 54 heavy (non-hydrogen) atoms. The zero-order valence-corrected chi connectivity index (χ0v) is 29.6. The van der Waals surface area contributed by atoms with Gasteiger partial charge in [0.2, 0.25) is 5.89 Å². The quantitative estimate of drug-likeness (QED) is 0.183. The number of aromatic nitrogens is 2. The minimum Gasteiger partial charge on any atom is -0.457 e. The molecule has 2 aliphatic rings. The van der Waals surface area contributed by atoms with Crippen molar-refractivity contribution >= 4 is 43.4 Å². The average Bonchev–Trinajstić information content (AvgIpc) is 3.94. The van der Waals surface area contributed by atoms with Crippen molar-refractivity contribution in [1.29, 1.82) is 0 Å². The molecule has 10 aromatic rings. The summed E-state index contributed by atoms with van der Waals surface area (Å²) in [6.45, 7) is 0. The van der Waals surface area contributed by atoms with Gasteiger partial charge in [-0.3, -0.25) is 0 Å². The molecule has 0 radical (unpaired) electrons. The van der Waals surface area contributed by atoms with Gasteiger partial charge in [0, 0.05) is 22.3 Å². The number of benzene rings is 8. The predicted octanol–water partition coefficient (Wildman–Crippen LogP) is 13.1. The molecule has 0 N–H and O–H groups in total. The highest BCUT2D eigenvalue weighted by molar-refractivity contribution is 7.21. The first-order valence-corrected chi connectivity index (χ1v) is 18.9. The lowest BCUT2D eigenvalue weighted by atomic mass is 9.65. The van der Waals surface area contributed by atoms with Gasteiger partial charge < -0.3 is 9.15 Å². The first-order chi connectivity index (χ1) is 26.7. The minimum absolute atomic E-state index is 0.587. The molecule has 5 heteroatoms. The van der Waals surface area contributed by atoms with E-state index in [0.29, 0.717) is 5.89 Å². The maximum Gasteiger partial charge on any atom is 0.227 e. The molecule has 0 fully saturated rings. The Morgan fingerprint density at radius 1 is 0.444 bits per heavy atom. The van der Waals surface area contributed by atoms with Gasteiger partial charge >= 0.3 is 0 Å². The molecular weight excluding hydrogens is 681 g/mol. The molecule has 3 heterocycles. The standard InChI is InChI=1S/C49H28N2O2S/c1-2-12-30-27-40-36(26-29(30)11-1)35-22-21-31(28-39(35)49(40)37-13-3-7-17-43(37)52-44-18-8-4-14-38(44)49)32-23-33(47-50-41-15-5-9-19-45(41)53-47)25-34(24-32)48-51-42-16-6-10-20-46(42)54-48/h1-28H. The molecule has 12 rings (SSSR count). The zero-order chi connectivity index (χ0) is 35.4. The van der Waals surface area contributed by atoms with Gasteiger partial charge in [-0.1, -0.05) is 97.1 Å². The SMILES string of the molecule is c1ccc2c(c1)Oc1ccccc1C21c2cc(-c3cc(-c4nc5ccccc5o4)cc(-c4nc5ccccc5s4)c3)ccc2-c2cc3ccccc3cc21. The van der Waals surface area contributed by atoms with Gasteiger partial charge in [0.05, 0.1) is 15.6 Å². The van der Waals surface area contributed by atoms with Crippen molar-refractivity contribution in [3.05, 3.63) is 192 Å². The van der Waals surface area contributed by atoms with E-state index in [1.54, 1.807) is 11.3 Å². The Kier molecular flexibility index (Phi) is 6.11. The maximum absolute atomic E-state index is 6.65. The number of fused-ring (bicyclic) bond motifs is 12. The zero-order valence-electron chi connectivity index (χ0n) is 28.8. The fourth-order valence-electron chi connectivity index (χ4n) is 8.79. The largest absolute Gasteiger partial charge is 0.457 e. The summed E-state index contributed by atoms with van der Waals surface area (Å²) in [5.74, 6) is 2.35. The molecule has 252 valence electrons. The summed E-state index contributed by atoms with van der Waals surface area (Å²) in [5.41, 5.74) is 13.4. The molecule has 1 spiro atoms. The molecule has 2 aromatic heterocycles. The normalized spacial score (nSPS) is 13.5. The Bertz CT molecular complexity index is 2970. The summed E-state index contributed by atoms with van der Waals surface area (Å²) in [7, 11) is 0. The molecule has 0 saturated carbocycles. The lowest BCUT2D eigenvalue weighted by Crippen LogP contribution is -2.32. The molecule has 0 bridgehead atoms. The fourth-order valence-corrected chi connectivity index (χ4v) is 9.75. The van der Waals surface area contributed by atoms with E-state index < -0.39 is 5.41 Å². The monoisotopic (exact) mass is 708 g/mol. The topological polar surface area (TPSA) is 48.2 Å². The van der Waals surface area contributed by atoms with Crippen molar-refractivity contribution in [3.63, 3.8) is 0 Å². The van der Waals surface area contributed by atoms with Crippen LogP contribution in [0, 0.1) is 0 Å². The molecule has 0 unspecified atom stereocenters. The van der Waals surface area contributed by atoms with E-state index in [1.807, 2.05) is 30.3 Å². The van der Waals surface area contributed by atoms with Gasteiger partial charge in [0.25, 0.3) is 0 Å². The van der Waals surface area contributed by atoms with E-state index in [4.69, 9.17) is 19.1 Å². The van der Waals surface area contributed by atoms with Crippen molar-refractivity contribution in [3.8, 4) is 55.8 Å². The first-order valence-electron chi connectivity index (χ1n) is 18.1. The third-order valence-corrected chi connectivity index (χ3v) is 12.2. The van der Waals surface area contributed by atoms with Crippen LogP contribution in [0.1, 0.15) is 22.3 Å². The van der Waals surface area contributed by atoms with E-state index in [0.717, 1.165) is 71.2 Å². The van der Waals surface area contributed by atoms with Crippen molar-refractivity contribution < 1.29 is 9.15 Å². The second-order valence-corrected chi connectivity index (χ2v) is 15.2. The average molecular weight is 709 g/mol. The third-order valence-electron chi connectivity index (χ3n) is 11.2. The second-order valence-electron chi connectivity index (χ2n) is 14.1. The van der Waals surface area contributed by atoms with Crippen molar-refractivity contribution in [2.75, 3.05) is 0 Å². The highest BCUT2D eigenvalue weighted by Gasteiger charge is 2.51. The van der Waals surface area contributed by atoms with Gasteiger partial charge in [-0.05, 0) is 117 Å². The number of oxazole rings is 1. The van der Waals surface area contributed by atoms with Crippen LogP contribution < -0.4 is 4.74 Å². The van der Waals surface area contributed by atoms with Crippen LogP contribution in [0.5, 0.6) is 11.5 Å². The Morgan fingerprint density at radius 3 is 1.89 bits per heavy atom. The smallest absolute Gasteiger partial charge is 0.227 e. The molecule has 4 nitrogen and oxygen atoms in total. The van der Waals surface area contributed by atoms with Crippen LogP contribution in [0.2, 0.25) is 0 Å². The van der Waals surface area contributed by atoms with E-state index in [2.05, 4.69) is 140 Å². The molecule has 0 atom stereocenters. The molecule has 8 aromatic carbocycles. The number of nitrogens with zero attached hydrogens (tertiary/aromatic N) is 2. The van der Waals surface area contributed by atoms with Crippen LogP contribution in [0.3, 0.4) is 0 Å². The van der Waals surface area contributed by atoms with Crippen LogP contribution in [0.15, 0.2) is 174 Å². The molecule has 1 aliphatic carbocycles. The third kappa shape index (κ3) is 4.18. The number of ether oxygens (including phenoxy) is 1. The van der Waals surface area contributed by atoms with Crippen LogP contribution in [-0.4, -0.2) is 9.97 Å². The van der Waals surface area contributed by atoms with E-state index in [-0.39, 0.29) is 0 Å². The second kappa shape index (κ2) is 11.1. The molecule has 1 aliphatic heterocycles. The Hall–Kier alpha value is -6.82. The van der Waals surface area contributed by atoms with Crippen molar-refractivity contribution in [1.82, 2.24) is 9.97 Å². The van der Waals surface area contributed by atoms with E-state index in [9.17, 15) is 0 Å². The Balaban J connectivity index is 1.14. The summed E-state index contributed by atoms with van der Waals surface area (Å²) in [6, 6.07) is 60.4. The van der Waals surface area contributed by atoms with E-state index in [1.165, 1.54) is 33.0 Å². The first kappa shape index (κ1) is 29.7. The summed E-state index contributed by atoms with van der Waals surface area (Å²) < 4.78 is 14.2. The number of para-hydroxylation sites is 5. The predicted molar refractivity (Wildman–Crippen MR) is 218 cm³/mol. The number of thiazole rings is 1. The summed E-state index contributed by atoms with van der Waals surface area (Å²) in [5, 5.41) is 3.40. The summed E-state index contributed by atoms with van der Waals surface area (Å²) >= 11 is 1.70. The van der Waals surface area contributed by atoms with Crippen LogP contribution in [0.25, 0.3) is 76.4 Å². The highest BCUT2D eigenvalue weighted by atomic mass is 32.1. The minimum atomic E-state index is -0.593. The van der Waals surface area contributed by atoms with Crippen LogP contribution in [0.4, 0.5) is 0 Å². The highest BCUT2D eigenvalue weighted by Crippen LogP contribution is 2.63. The van der Waals surface area contributed by atoms with Gasteiger partial charge in [0.15, 0.2) is 5.58 Å². The fraction of sp³-hybridized carbons (Fsp3) is 0.0204. The summed E-state index contributed by atoms with van der Waals surface area (Å²) in [4.78, 5) is 10.0. The number of hydrogen-bond acceptors (Lipinski definition) is 5. The Labute approximate surface area is 314 Å². The van der Waals surface area contributed by atoms with Crippen LogP contribution in [-0.2, 0) is 5.41 Å². The molecule has 0 amide bonds.